The summed E-state index contributed by atoms with van der Waals surface area (Å²) in [5, 5.41) is 0. The molecule has 3 rings (SSSR count). The molecular formula is C21H20O2S. The van der Waals surface area contributed by atoms with Gasteiger partial charge in [0, 0.05) is 10.6 Å². The van der Waals surface area contributed by atoms with E-state index >= 15 is 0 Å². The number of hydrogen-bond donors (Lipinski definition) is 0. The van der Waals surface area contributed by atoms with E-state index < -0.39 is 0 Å². The average Bonchev–Trinajstić information content (AvgIpc) is 2.66. The largest absolute Gasteiger partial charge is 0.493 e. The lowest BCUT2D eigenvalue weighted by molar-refractivity contribution is 0.284. The highest BCUT2D eigenvalue weighted by molar-refractivity contribution is 7.98. The molecule has 122 valence electrons. The standard InChI is InChI=1S/C21H20O2S/c1-22-21-14-19(24-16-18-10-6-3-7-11-18)12-13-20(21)23-15-17-8-4-2-5-9-17/h2-14H,15-16H2,1H3. The van der Waals surface area contributed by atoms with Crippen LogP contribution in [0.2, 0.25) is 0 Å². The topological polar surface area (TPSA) is 18.5 Å². The third-order valence-corrected chi connectivity index (χ3v) is 4.69. The lowest BCUT2D eigenvalue weighted by Crippen LogP contribution is -1.97. The Morgan fingerprint density at radius 1 is 0.750 bits per heavy atom. The predicted molar refractivity (Wildman–Crippen MR) is 99.8 cm³/mol. The lowest BCUT2D eigenvalue weighted by Gasteiger charge is -2.12. The van der Waals surface area contributed by atoms with Gasteiger partial charge in [-0.3, -0.25) is 0 Å². The summed E-state index contributed by atoms with van der Waals surface area (Å²) in [5.41, 5.74) is 2.45. The van der Waals surface area contributed by atoms with Crippen molar-refractivity contribution in [1.29, 1.82) is 0 Å². The van der Waals surface area contributed by atoms with Gasteiger partial charge in [-0.05, 0) is 29.3 Å². The van der Waals surface area contributed by atoms with E-state index in [2.05, 4.69) is 42.5 Å². The molecule has 0 saturated heterocycles. The quantitative estimate of drug-likeness (QED) is 0.526. The summed E-state index contributed by atoms with van der Waals surface area (Å²) >= 11 is 1.79. The minimum absolute atomic E-state index is 0.535. The summed E-state index contributed by atoms with van der Waals surface area (Å²) in [6, 6.07) is 26.7. The van der Waals surface area contributed by atoms with Crippen LogP contribution >= 0.6 is 11.8 Å². The Balaban J connectivity index is 1.64. The third kappa shape index (κ3) is 4.56. The Bertz CT molecular complexity index is 757. The van der Waals surface area contributed by atoms with Crippen LogP contribution in [0.25, 0.3) is 0 Å². The van der Waals surface area contributed by atoms with Gasteiger partial charge < -0.3 is 9.47 Å². The Kier molecular flexibility index (Phi) is 5.80. The van der Waals surface area contributed by atoms with Crippen LogP contribution < -0.4 is 9.47 Å². The van der Waals surface area contributed by atoms with Crippen molar-refractivity contribution in [3.8, 4) is 11.5 Å². The maximum absolute atomic E-state index is 5.90. The third-order valence-electron chi connectivity index (χ3n) is 3.62. The van der Waals surface area contributed by atoms with Crippen molar-refractivity contribution in [1.82, 2.24) is 0 Å². The average molecular weight is 336 g/mol. The molecule has 0 aliphatic heterocycles. The monoisotopic (exact) mass is 336 g/mol. The van der Waals surface area contributed by atoms with Crippen molar-refractivity contribution in [3.05, 3.63) is 90.0 Å². The van der Waals surface area contributed by atoms with Crippen LogP contribution in [0.15, 0.2) is 83.8 Å². The minimum Gasteiger partial charge on any atom is -0.493 e. The van der Waals surface area contributed by atoms with Crippen LogP contribution in [0.3, 0.4) is 0 Å². The van der Waals surface area contributed by atoms with E-state index in [9.17, 15) is 0 Å². The van der Waals surface area contributed by atoms with Crippen molar-refractivity contribution in [3.63, 3.8) is 0 Å². The molecule has 0 aliphatic carbocycles. The van der Waals surface area contributed by atoms with Crippen LogP contribution in [0, 0.1) is 0 Å². The summed E-state index contributed by atoms with van der Waals surface area (Å²) in [5.74, 6) is 2.48. The molecule has 0 heterocycles. The molecule has 2 nitrogen and oxygen atoms in total. The molecule has 0 aliphatic rings. The molecule has 0 radical (unpaired) electrons. The summed E-state index contributed by atoms with van der Waals surface area (Å²) in [7, 11) is 1.68. The molecule has 0 atom stereocenters. The van der Waals surface area contributed by atoms with E-state index in [1.807, 2.05) is 36.4 Å². The van der Waals surface area contributed by atoms with Gasteiger partial charge in [0.05, 0.1) is 7.11 Å². The van der Waals surface area contributed by atoms with E-state index in [-0.39, 0.29) is 0 Å². The van der Waals surface area contributed by atoms with E-state index in [4.69, 9.17) is 9.47 Å². The Hall–Kier alpha value is -2.39. The maximum Gasteiger partial charge on any atom is 0.161 e. The van der Waals surface area contributed by atoms with Crippen LogP contribution in [-0.2, 0) is 12.4 Å². The maximum atomic E-state index is 5.90. The van der Waals surface area contributed by atoms with Gasteiger partial charge in [0.2, 0.25) is 0 Å². The zero-order valence-electron chi connectivity index (χ0n) is 13.6. The SMILES string of the molecule is COc1cc(SCc2ccccc2)ccc1OCc1ccccc1. The second-order valence-corrected chi connectivity index (χ2v) is 6.41. The highest BCUT2D eigenvalue weighted by Crippen LogP contribution is 2.33. The molecule has 24 heavy (non-hydrogen) atoms. The fourth-order valence-corrected chi connectivity index (χ4v) is 3.21. The van der Waals surface area contributed by atoms with Gasteiger partial charge >= 0.3 is 0 Å². The van der Waals surface area contributed by atoms with Gasteiger partial charge in [-0.1, -0.05) is 60.7 Å². The highest BCUT2D eigenvalue weighted by atomic mass is 32.2. The molecule has 0 unspecified atom stereocenters. The zero-order chi connectivity index (χ0) is 16.6. The van der Waals surface area contributed by atoms with Crippen LogP contribution in [-0.4, -0.2) is 7.11 Å². The zero-order valence-corrected chi connectivity index (χ0v) is 14.5. The molecule has 3 aromatic rings. The molecule has 3 aromatic carbocycles. The van der Waals surface area contributed by atoms with Gasteiger partial charge in [0.15, 0.2) is 11.5 Å². The van der Waals surface area contributed by atoms with E-state index in [1.54, 1.807) is 18.9 Å². The second-order valence-electron chi connectivity index (χ2n) is 5.36. The second kappa shape index (κ2) is 8.46. The van der Waals surface area contributed by atoms with Gasteiger partial charge in [0.1, 0.15) is 6.61 Å². The van der Waals surface area contributed by atoms with Gasteiger partial charge in [-0.2, -0.15) is 0 Å². The van der Waals surface area contributed by atoms with E-state index in [0.29, 0.717) is 6.61 Å². The van der Waals surface area contributed by atoms with Crippen molar-refractivity contribution in [2.75, 3.05) is 7.11 Å². The lowest BCUT2D eigenvalue weighted by atomic mass is 10.2. The Morgan fingerprint density at radius 3 is 2.08 bits per heavy atom. The molecule has 0 N–H and O–H groups in total. The van der Waals surface area contributed by atoms with Crippen LogP contribution in [0.4, 0.5) is 0 Å². The smallest absolute Gasteiger partial charge is 0.161 e. The van der Waals surface area contributed by atoms with Crippen molar-refractivity contribution in [2.24, 2.45) is 0 Å². The van der Waals surface area contributed by atoms with Gasteiger partial charge in [-0.25, -0.2) is 0 Å². The molecule has 0 amide bonds. The molecular weight excluding hydrogens is 316 g/mol. The number of thioether (sulfide) groups is 1. The van der Waals surface area contributed by atoms with Crippen LogP contribution in [0.5, 0.6) is 11.5 Å². The van der Waals surface area contributed by atoms with Crippen molar-refractivity contribution in [2.45, 2.75) is 17.3 Å². The summed E-state index contributed by atoms with van der Waals surface area (Å²) in [6.07, 6.45) is 0. The first kappa shape index (κ1) is 16.5. The van der Waals surface area contributed by atoms with Crippen molar-refractivity contribution < 1.29 is 9.47 Å². The van der Waals surface area contributed by atoms with Crippen molar-refractivity contribution >= 4 is 11.8 Å². The number of methoxy groups -OCH3 is 1. The number of hydrogen-bond acceptors (Lipinski definition) is 3. The fourth-order valence-electron chi connectivity index (χ4n) is 2.33. The first-order valence-corrected chi connectivity index (χ1v) is 8.85. The number of ether oxygens (including phenoxy) is 2. The highest BCUT2D eigenvalue weighted by Gasteiger charge is 2.07. The summed E-state index contributed by atoms with van der Waals surface area (Å²) in [6.45, 7) is 0.535. The van der Waals surface area contributed by atoms with E-state index in [1.165, 1.54) is 10.5 Å². The molecule has 0 fully saturated rings. The fraction of sp³-hybridized carbons (Fsp3) is 0.143. The molecule has 0 saturated carbocycles. The molecule has 0 aromatic heterocycles. The minimum atomic E-state index is 0.535. The first-order chi connectivity index (χ1) is 11.8. The molecule has 0 bridgehead atoms. The molecule has 3 heteroatoms. The summed E-state index contributed by atoms with van der Waals surface area (Å²) in [4.78, 5) is 1.17. The number of rotatable bonds is 7. The normalized spacial score (nSPS) is 10.4. The van der Waals surface area contributed by atoms with Crippen LogP contribution in [0.1, 0.15) is 11.1 Å². The summed E-state index contributed by atoms with van der Waals surface area (Å²) < 4.78 is 11.4. The van der Waals surface area contributed by atoms with E-state index in [0.717, 1.165) is 22.8 Å². The predicted octanol–water partition coefficient (Wildman–Crippen LogP) is 5.57. The van der Waals surface area contributed by atoms with Gasteiger partial charge in [0.25, 0.3) is 0 Å². The number of benzene rings is 3. The van der Waals surface area contributed by atoms with Gasteiger partial charge in [-0.15, -0.1) is 11.8 Å². The Morgan fingerprint density at radius 2 is 1.42 bits per heavy atom. The Labute approximate surface area is 147 Å². The first-order valence-electron chi connectivity index (χ1n) is 7.86. The molecule has 0 spiro atoms.